The van der Waals surface area contributed by atoms with Crippen LogP contribution in [0.25, 0.3) is 0 Å². The minimum absolute atomic E-state index is 0.0909. The Labute approximate surface area is 113 Å². The van der Waals surface area contributed by atoms with Crippen LogP contribution in [-0.2, 0) is 4.74 Å². The summed E-state index contributed by atoms with van der Waals surface area (Å²) >= 11 is 3.50. The van der Waals surface area contributed by atoms with E-state index in [2.05, 4.69) is 67.1 Å². The molecule has 0 saturated carbocycles. The summed E-state index contributed by atoms with van der Waals surface area (Å²) in [5, 5.41) is 3.53. The van der Waals surface area contributed by atoms with Crippen LogP contribution in [0.1, 0.15) is 32.8 Å². The second-order valence-corrected chi connectivity index (χ2v) is 6.09. The molecule has 17 heavy (non-hydrogen) atoms. The highest BCUT2D eigenvalue weighted by molar-refractivity contribution is 9.10. The van der Waals surface area contributed by atoms with Gasteiger partial charge < -0.3 is 10.1 Å². The average molecular weight is 300 g/mol. The van der Waals surface area contributed by atoms with Gasteiger partial charge in [0.1, 0.15) is 0 Å². The van der Waals surface area contributed by atoms with Crippen molar-refractivity contribution in [3.8, 4) is 0 Å². The zero-order valence-electron chi connectivity index (χ0n) is 11.3. The van der Waals surface area contributed by atoms with E-state index in [-0.39, 0.29) is 5.60 Å². The van der Waals surface area contributed by atoms with Crippen molar-refractivity contribution in [3.05, 3.63) is 28.2 Å². The van der Waals surface area contributed by atoms with Gasteiger partial charge in [0.05, 0.1) is 5.60 Å². The van der Waals surface area contributed by atoms with E-state index >= 15 is 0 Å². The van der Waals surface area contributed by atoms with Gasteiger partial charge in [-0.15, -0.1) is 0 Å². The van der Waals surface area contributed by atoms with E-state index in [9.17, 15) is 0 Å². The minimum atomic E-state index is -0.0909. The molecule has 0 bridgehead atoms. The molecule has 0 aliphatic heterocycles. The zero-order chi connectivity index (χ0) is 13.1. The summed E-state index contributed by atoms with van der Waals surface area (Å²) in [5.41, 5.74) is 2.35. The molecule has 0 aliphatic rings. The van der Waals surface area contributed by atoms with Gasteiger partial charge in [0.25, 0.3) is 0 Å². The monoisotopic (exact) mass is 299 g/mol. The fourth-order valence-electron chi connectivity index (χ4n) is 1.89. The molecule has 1 aromatic rings. The summed E-state index contributed by atoms with van der Waals surface area (Å²) in [4.78, 5) is 0. The molecule has 1 N–H and O–H groups in total. The molecule has 1 rings (SSSR count). The van der Waals surface area contributed by atoms with Crippen LogP contribution < -0.4 is 5.32 Å². The third-order valence-electron chi connectivity index (χ3n) is 2.95. The molecule has 2 nitrogen and oxygen atoms in total. The maximum atomic E-state index is 5.45. The first-order valence-corrected chi connectivity index (χ1v) is 6.71. The van der Waals surface area contributed by atoms with Crippen molar-refractivity contribution in [2.75, 3.05) is 12.4 Å². The number of benzene rings is 1. The molecule has 0 aromatic heterocycles. The first-order valence-electron chi connectivity index (χ1n) is 5.92. The second kappa shape index (κ2) is 5.87. The molecule has 0 heterocycles. The summed E-state index contributed by atoms with van der Waals surface area (Å²) in [6, 6.07) is 6.66. The van der Waals surface area contributed by atoms with Gasteiger partial charge in [0.2, 0.25) is 0 Å². The molecule has 0 radical (unpaired) electrons. The largest absolute Gasteiger partial charge is 0.382 e. The average Bonchev–Trinajstić information content (AvgIpc) is 2.23. The van der Waals surface area contributed by atoms with Gasteiger partial charge in [-0.25, -0.2) is 0 Å². The Morgan fingerprint density at radius 2 is 2.06 bits per heavy atom. The van der Waals surface area contributed by atoms with E-state index in [0.717, 1.165) is 10.9 Å². The molecule has 0 fully saturated rings. The van der Waals surface area contributed by atoms with Crippen LogP contribution >= 0.6 is 15.9 Å². The highest BCUT2D eigenvalue weighted by Crippen LogP contribution is 2.23. The lowest BCUT2D eigenvalue weighted by Gasteiger charge is -2.28. The number of rotatable bonds is 5. The summed E-state index contributed by atoms with van der Waals surface area (Å²) in [6.45, 7) is 8.52. The van der Waals surface area contributed by atoms with Gasteiger partial charge in [-0.05, 0) is 51.8 Å². The van der Waals surface area contributed by atoms with E-state index in [4.69, 9.17) is 4.74 Å². The van der Waals surface area contributed by atoms with Crippen LogP contribution in [-0.4, -0.2) is 18.8 Å². The van der Waals surface area contributed by atoms with Gasteiger partial charge >= 0.3 is 0 Å². The fraction of sp³-hybridized carbons (Fsp3) is 0.571. The molecular formula is C14H22BrNO. The first kappa shape index (κ1) is 14.5. The number of halogens is 1. The Kier molecular flexibility index (Phi) is 5.02. The van der Waals surface area contributed by atoms with E-state index in [1.54, 1.807) is 7.11 Å². The molecule has 0 spiro atoms. The van der Waals surface area contributed by atoms with Crippen molar-refractivity contribution in [1.82, 2.24) is 0 Å². The second-order valence-electron chi connectivity index (χ2n) is 5.17. The summed E-state index contributed by atoms with van der Waals surface area (Å²) in [7, 11) is 1.76. The lowest BCUT2D eigenvalue weighted by Crippen LogP contribution is -2.31. The lowest BCUT2D eigenvalue weighted by atomic mass is 9.99. The maximum Gasteiger partial charge on any atom is 0.0642 e. The predicted octanol–water partition coefficient (Wildman–Crippen LogP) is 4.37. The number of ether oxygens (including phenoxy) is 1. The maximum absolute atomic E-state index is 5.45. The lowest BCUT2D eigenvalue weighted by molar-refractivity contribution is 0.0128. The molecule has 0 amide bonds. The molecule has 3 heteroatoms. The molecule has 1 unspecified atom stereocenters. The third-order valence-corrected chi connectivity index (χ3v) is 3.45. The van der Waals surface area contributed by atoms with E-state index in [1.807, 2.05) is 0 Å². The van der Waals surface area contributed by atoms with Gasteiger partial charge in [0, 0.05) is 23.3 Å². The Balaban J connectivity index is 2.68. The Morgan fingerprint density at radius 3 is 2.65 bits per heavy atom. The topological polar surface area (TPSA) is 21.3 Å². The van der Waals surface area contributed by atoms with Crippen LogP contribution in [0.3, 0.4) is 0 Å². The van der Waals surface area contributed by atoms with Crippen molar-refractivity contribution in [3.63, 3.8) is 0 Å². The quantitative estimate of drug-likeness (QED) is 0.871. The molecular weight excluding hydrogens is 278 g/mol. The van der Waals surface area contributed by atoms with E-state index in [0.29, 0.717) is 6.04 Å². The van der Waals surface area contributed by atoms with Crippen LogP contribution in [0.5, 0.6) is 0 Å². The van der Waals surface area contributed by atoms with Crippen molar-refractivity contribution in [2.24, 2.45) is 0 Å². The van der Waals surface area contributed by atoms with Gasteiger partial charge in [-0.3, -0.25) is 0 Å². The van der Waals surface area contributed by atoms with Crippen LogP contribution in [0.2, 0.25) is 0 Å². The molecule has 96 valence electrons. The number of hydrogen-bond acceptors (Lipinski definition) is 2. The number of anilines is 1. The molecule has 1 atom stereocenters. The number of nitrogens with one attached hydrogen (secondary N) is 1. The number of aryl methyl sites for hydroxylation is 1. The third kappa shape index (κ3) is 4.68. The van der Waals surface area contributed by atoms with Crippen LogP contribution in [0.4, 0.5) is 5.69 Å². The molecule has 0 saturated heterocycles. The van der Waals surface area contributed by atoms with Gasteiger partial charge in [-0.2, -0.15) is 0 Å². The molecule has 1 aromatic carbocycles. The fourth-order valence-corrected chi connectivity index (χ4v) is 2.25. The molecule has 0 aliphatic carbocycles. The summed E-state index contributed by atoms with van der Waals surface area (Å²) in [5.74, 6) is 0. The van der Waals surface area contributed by atoms with Crippen molar-refractivity contribution < 1.29 is 4.74 Å². The van der Waals surface area contributed by atoms with Gasteiger partial charge in [-0.1, -0.05) is 22.0 Å². The van der Waals surface area contributed by atoms with Crippen LogP contribution in [0, 0.1) is 6.92 Å². The normalized spacial score (nSPS) is 13.5. The van der Waals surface area contributed by atoms with E-state index in [1.165, 1.54) is 11.3 Å². The van der Waals surface area contributed by atoms with Crippen molar-refractivity contribution >= 4 is 21.6 Å². The Hall–Kier alpha value is -0.540. The van der Waals surface area contributed by atoms with E-state index < -0.39 is 0 Å². The minimum Gasteiger partial charge on any atom is -0.382 e. The Morgan fingerprint density at radius 1 is 1.41 bits per heavy atom. The SMILES string of the molecule is COC(C)(C)CC(C)Nc1cc(Br)ccc1C. The van der Waals surface area contributed by atoms with Gasteiger partial charge in [0.15, 0.2) is 0 Å². The summed E-state index contributed by atoms with van der Waals surface area (Å²) in [6.07, 6.45) is 0.968. The van der Waals surface area contributed by atoms with Crippen molar-refractivity contribution in [2.45, 2.75) is 45.8 Å². The predicted molar refractivity (Wildman–Crippen MR) is 77.7 cm³/mol. The van der Waals surface area contributed by atoms with Crippen LogP contribution in [0.15, 0.2) is 22.7 Å². The van der Waals surface area contributed by atoms with Crippen molar-refractivity contribution in [1.29, 1.82) is 0 Å². The number of methoxy groups -OCH3 is 1. The highest BCUT2D eigenvalue weighted by Gasteiger charge is 2.20. The standard InChI is InChI=1S/C14H22BrNO/c1-10-6-7-12(15)8-13(10)16-11(2)9-14(3,4)17-5/h6-8,11,16H,9H2,1-5H3. The first-order chi connectivity index (χ1) is 7.84. The highest BCUT2D eigenvalue weighted by atomic mass is 79.9. The number of hydrogen-bond donors (Lipinski definition) is 1. The zero-order valence-corrected chi connectivity index (χ0v) is 12.9. The Bertz CT molecular complexity index is 376. The summed E-state index contributed by atoms with van der Waals surface area (Å²) < 4.78 is 6.55. The smallest absolute Gasteiger partial charge is 0.0642 e.